The Labute approximate surface area is 230 Å². The van der Waals surface area contributed by atoms with E-state index < -0.39 is 17.1 Å². The number of phenols is 1. The number of hydrogen-bond donors (Lipinski definition) is 2. The first-order chi connectivity index (χ1) is 19.4. The van der Waals surface area contributed by atoms with Crippen LogP contribution in [0.5, 0.6) is 5.75 Å². The molecule has 6 rings (SSSR count). The number of ether oxygens (including phenoxy) is 1. The minimum Gasteiger partial charge on any atom is -0.508 e. The van der Waals surface area contributed by atoms with Gasteiger partial charge < -0.3 is 15.6 Å². The average molecular weight is 546 g/mol. The number of benzene rings is 2. The van der Waals surface area contributed by atoms with Crippen LogP contribution in [0.4, 0.5) is 4.39 Å². The second-order valence-electron chi connectivity index (χ2n) is 10.6. The van der Waals surface area contributed by atoms with Gasteiger partial charge >= 0.3 is 5.69 Å². The van der Waals surface area contributed by atoms with Crippen LogP contribution in [0, 0.1) is 5.82 Å². The molecule has 1 saturated carbocycles. The third kappa shape index (κ3) is 4.94. The van der Waals surface area contributed by atoms with Gasteiger partial charge in [-0.15, -0.1) is 0 Å². The van der Waals surface area contributed by atoms with Crippen molar-refractivity contribution in [2.75, 3.05) is 26.3 Å². The fraction of sp³-hybridized carbons (Fsp3) is 0.367. The van der Waals surface area contributed by atoms with Crippen LogP contribution in [0.25, 0.3) is 27.8 Å². The molecule has 40 heavy (non-hydrogen) atoms. The maximum atomic E-state index is 14.3. The molecule has 3 heterocycles. The fourth-order valence-corrected chi connectivity index (χ4v) is 5.90. The molecule has 3 N–H and O–H groups in total. The largest absolute Gasteiger partial charge is 0.508 e. The van der Waals surface area contributed by atoms with E-state index in [4.69, 9.17) is 10.5 Å². The Morgan fingerprint density at radius 1 is 1.02 bits per heavy atom. The molecule has 2 aromatic carbocycles. The van der Waals surface area contributed by atoms with E-state index in [0.717, 1.165) is 42.0 Å². The van der Waals surface area contributed by atoms with Crippen molar-refractivity contribution in [3.8, 4) is 22.6 Å². The van der Waals surface area contributed by atoms with Gasteiger partial charge in [0.15, 0.2) is 5.65 Å². The zero-order valence-corrected chi connectivity index (χ0v) is 22.1. The number of phenolic OH excluding ortho intramolecular Hbond substituents is 1. The Morgan fingerprint density at radius 3 is 2.55 bits per heavy atom. The summed E-state index contributed by atoms with van der Waals surface area (Å²) in [6.07, 6.45) is 3.61. The van der Waals surface area contributed by atoms with Gasteiger partial charge in [0.25, 0.3) is 5.56 Å². The van der Waals surface area contributed by atoms with E-state index in [0.29, 0.717) is 51.1 Å². The molecular weight excluding hydrogens is 513 g/mol. The predicted octanol–water partition coefficient (Wildman–Crippen LogP) is 3.33. The van der Waals surface area contributed by atoms with Crippen molar-refractivity contribution in [1.82, 2.24) is 19.0 Å². The van der Waals surface area contributed by atoms with Crippen molar-refractivity contribution in [2.45, 2.75) is 44.3 Å². The summed E-state index contributed by atoms with van der Waals surface area (Å²) in [5.41, 5.74) is 8.02. The van der Waals surface area contributed by atoms with Crippen molar-refractivity contribution >= 4 is 11.0 Å². The minimum atomic E-state index is -0.645. The summed E-state index contributed by atoms with van der Waals surface area (Å²) in [5.74, 6) is -0.452. The van der Waals surface area contributed by atoms with Crippen LogP contribution in [0.3, 0.4) is 0 Å². The Hall–Kier alpha value is -3.86. The van der Waals surface area contributed by atoms with Gasteiger partial charge in [0.05, 0.1) is 30.5 Å². The van der Waals surface area contributed by atoms with Crippen LogP contribution in [-0.4, -0.2) is 56.5 Å². The first-order valence-electron chi connectivity index (χ1n) is 13.7. The van der Waals surface area contributed by atoms with E-state index in [1.165, 1.54) is 9.13 Å². The molecule has 0 spiro atoms. The van der Waals surface area contributed by atoms with Crippen LogP contribution in [0.15, 0.2) is 64.3 Å². The maximum Gasteiger partial charge on any atom is 0.337 e. The molecule has 0 unspecified atom stereocenters. The lowest BCUT2D eigenvalue weighted by Gasteiger charge is -2.28. The van der Waals surface area contributed by atoms with Gasteiger partial charge in [-0.05, 0) is 61.1 Å². The van der Waals surface area contributed by atoms with Gasteiger partial charge in [-0.1, -0.05) is 24.3 Å². The van der Waals surface area contributed by atoms with Gasteiger partial charge in [0, 0.05) is 37.3 Å². The standard InChI is InChI=1S/C30H32FN5O4/c31-20-16-25-28(33-17-20)35(30(39)36(29(25)38)22-9-7-21(32)8-10-22)23-4-1-3-19(15-23)24-5-2-6-27(37)26(24)18-34-11-13-40-14-12-34/h1-6,15-17,21-22,37H,7-14,18,32H2/t21-,22+. The zero-order chi connectivity index (χ0) is 27.8. The normalized spacial score (nSPS) is 20.1. The first kappa shape index (κ1) is 26.4. The SMILES string of the molecule is N[C@H]1CC[C@@H](n2c(=O)c3cc(F)cnc3n(-c3cccc(-c4cccc(O)c4CN4CCOCC4)c3)c2=O)CC1. The van der Waals surface area contributed by atoms with E-state index in [1.807, 2.05) is 24.3 Å². The van der Waals surface area contributed by atoms with Gasteiger partial charge in [-0.3, -0.25) is 14.3 Å². The molecule has 0 bridgehead atoms. The number of rotatable bonds is 5. The number of nitrogens with zero attached hydrogens (tertiary/aromatic N) is 4. The fourth-order valence-electron chi connectivity index (χ4n) is 5.90. The van der Waals surface area contributed by atoms with Crippen molar-refractivity contribution in [2.24, 2.45) is 5.73 Å². The monoisotopic (exact) mass is 545 g/mol. The van der Waals surface area contributed by atoms with Gasteiger partial charge in [0.1, 0.15) is 11.6 Å². The molecule has 0 radical (unpaired) electrons. The van der Waals surface area contributed by atoms with Gasteiger partial charge in [-0.25, -0.2) is 18.7 Å². The lowest BCUT2D eigenvalue weighted by Crippen LogP contribution is -2.44. The molecule has 10 heteroatoms. The smallest absolute Gasteiger partial charge is 0.337 e. The Kier molecular flexibility index (Phi) is 7.22. The number of aromatic nitrogens is 3. The Bertz CT molecular complexity index is 1670. The molecule has 1 aliphatic carbocycles. The average Bonchev–Trinajstić information content (AvgIpc) is 2.96. The summed E-state index contributed by atoms with van der Waals surface area (Å²) in [4.78, 5) is 33.9. The second kappa shape index (κ2) is 11.0. The van der Waals surface area contributed by atoms with Crippen molar-refractivity contribution in [3.05, 3.63) is 86.9 Å². The molecule has 0 atom stereocenters. The number of aromatic hydroxyl groups is 1. The van der Waals surface area contributed by atoms with E-state index in [9.17, 15) is 19.1 Å². The summed E-state index contributed by atoms with van der Waals surface area (Å²) >= 11 is 0. The second-order valence-corrected chi connectivity index (χ2v) is 10.6. The molecule has 1 aliphatic heterocycles. The molecule has 0 amide bonds. The molecule has 9 nitrogen and oxygen atoms in total. The van der Waals surface area contributed by atoms with Crippen molar-refractivity contribution < 1.29 is 14.2 Å². The molecule has 4 aromatic rings. The summed E-state index contributed by atoms with van der Waals surface area (Å²) in [6.45, 7) is 3.37. The van der Waals surface area contributed by atoms with Crippen molar-refractivity contribution in [3.63, 3.8) is 0 Å². The molecule has 2 aromatic heterocycles. The molecule has 2 fully saturated rings. The van der Waals surface area contributed by atoms with Crippen LogP contribution in [0.2, 0.25) is 0 Å². The predicted molar refractivity (Wildman–Crippen MR) is 150 cm³/mol. The van der Waals surface area contributed by atoms with Crippen LogP contribution >= 0.6 is 0 Å². The Morgan fingerprint density at radius 2 is 1.77 bits per heavy atom. The number of nitrogens with two attached hydrogens (primary N) is 1. The number of fused-ring (bicyclic) bond motifs is 1. The lowest BCUT2D eigenvalue weighted by molar-refractivity contribution is 0.0339. The highest BCUT2D eigenvalue weighted by Crippen LogP contribution is 2.33. The highest BCUT2D eigenvalue weighted by Gasteiger charge is 2.26. The van der Waals surface area contributed by atoms with Crippen LogP contribution in [-0.2, 0) is 11.3 Å². The summed E-state index contributed by atoms with van der Waals surface area (Å²) in [5, 5.41) is 10.9. The molecular formula is C30H32FN5O4. The van der Waals surface area contributed by atoms with Gasteiger partial charge in [0.2, 0.25) is 0 Å². The van der Waals surface area contributed by atoms with Crippen LogP contribution in [0.1, 0.15) is 37.3 Å². The van der Waals surface area contributed by atoms with E-state index in [1.54, 1.807) is 18.2 Å². The van der Waals surface area contributed by atoms with Gasteiger partial charge in [-0.2, -0.15) is 0 Å². The Balaban J connectivity index is 1.50. The van der Waals surface area contributed by atoms with Crippen molar-refractivity contribution in [1.29, 1.82) is 0 Å². The number of morpholine rings is 1. The third-order valence-corrected chi connectivity index (χ3v) is 8.05. The summed E-state index contributed by atoms with van der Waals surface area (Å²) < 4.78 is 22.4. The zero-order valence-electron chi connectivity index (χ0n) is 22.1. The number of halogens is 1. The van der Waals surface area contributed by atoms with Crippen LogP contribution < -0.4 is 17.0 Å². The van der Waals surface area contributed by atoms with E-state index >= 15 is 0 Å². The number of pyridine rings is 1. The first-order valence-corrected chi connectivity index (χ1v) is 13.7. The van der Waals surface area contributed by atoms with E-state index in [2.05, 4.69) is 9.88 Å². The third-order valence-electron chi connectivity index (χ3n) is 8.05. The highest BCUT2D eigenvalue weighted by molar-refractivity contribution is 5.77. The highest BCUT2D eigenvalue weighted by atomic mass is 19.1. The minimum absolute atomic E-state index is 0.0411. The quantitative estimate of drug-likeness (QED) is 0.395. The molecule has 2 aliphatic rings. The maximum absolute atomic E-state index is 14.3. The molecule has 1 saturated heterocycles. The summed E-state index contributed by atoms with van der Waals surface area (Å²) in [7, 11) is 0. The topological polar surface area (TPSA) is 116 Å². The summed E-state index contributed by atoms with van der Waals surface area (Å²) in [6, 6.07) is 13.6. The van der Waals surface area contributed by atoms with E-state index in [-0.39, 0.29) is 28.9 Å². The number of hydrogen-bond acceptors (Lipinski definition) is 7. The lowest BCUT2D eigenvalue weighted by atomic mass is 9.91. The molecule has 208 valence electrons.